The molecule has 3 atom stereocenters. The average molecular weight is 479 g/mol. The lowest BCUT2D eigenvalue weighted by molar-refractivity contribution is -0.161. The summed E-state index contributed by atoms with van der Waals surface area (Å²) < 4.78 is 33.9. The van der Waals surface area contributed by atoms with Gasteiger partial charge >= 0.3 is 12.2 Å². The summed E-state index contributed by atoms with van der Waals surface area (Å²) >= 11 is 0. The lowest BCUT2D eigenvalue weighted by atomic mass is 9.93. The van der Waals surface area contributed by atoms with E-state index in [-0.39, 0.29) is 5.56 Å². The van der Waals surface area contributed by atoms with Gasteiger partial charge in [-0.2, -0.15) is 0 Å². The van der Waals surface area contributed by atoms with Crippen molar-refractivity contribution in [2.45, 2.75) is 85.0 Å². The Kier molecular flexibility index (Phi) is 7.09. The number of piperazine rings is 1. The summed E-state index contributed by atoms with van der Waals surface area (Å²) in [6.45, 7) is 12.7. The molecule has 1 fully saturated rings. The molecule has 0 saturated carbocycles. The standard InChI is InChI=1S/C25H36N2O7/c1-15(2)19-21(29)26(22(30)33-24(3,4)5)18(14-16-10-12-17(32-9)13-11-16)20(28)27(19)23(31)34-25(6,7)8/h10-13,15,18-19H,14H2,1-9H3/t18-,19-/m0/s1/i14D,18D/t14?,18-,19-. The molecule has 0 spiro atoms. The minimum absolute atomic E-state index is 0.146. The van der Waals surface area contributed by atoms with Crippen LogP contribution in [0, 0.1) is 5.92 Å². The predicted octanol–water partition coefficient (Wildman–Crippen LogP) is 4.17. The summed E-state index contributed by atoms with van der Waals surface area (Å²) in [5.74, 6) is -2.41. The highest BCUT2D eigenvalue weighted by atomic mass is 16.6. The third-order valence-corrected chi connectivity index (χ3v) is 4.65. The van der Waals surface area contributed by atoms with E-state index in [1.165, 1.54) is 31.4 Å². The molecule has 1 aromatic carbocycles. The molecule has 1 aromatic rings. The van der Waals surface area contributed by atoms with Crippen molar-refractivity contribution in [3.63, 3.8) is 0 Å². The minimum Gasteiger partial charge on any atom is -0.497 e. The van der Waals surface area contributed by atoms with Crippen LogP contribution in [0.15, 0.2) is 24.3 Å². The number of methoxy groups -OCH3 is 1. The number of amides is 4. The minimum atomic E-state index is -2.86. The summed E-state index contributed by atoms with van der Waals surface area (Å²) in [6, 6.07) is 1.64. The van der Waals surface area contributed by atoms with Gasteiger partial charge in [0.15, 0.2) is 0 Å². The fraction of sp³-hybridized carbons (Fsp3) is 0.600. The van der Waals surface area contributed by atoms with Crippen molar-refractivity contribution >= 4 is 24.0 Å². The van der Waals surface area contributed by atoms with Gasteiger partial charge in [-0.1, -0.05) is 26.0 Å². The SMILES string of the molecule is [2H]C(c1ccc(OC)cc1)[C@@]1([2H])C(=O)N(C(=O)OC(C)(C)C)[C@@H](C(C)C)C(=O)N1C(=O)OC(C)(C)C. The van der Waals surface area contributed by atoms with Crippen molar-refractivity contribution in [3.05, 3.63) is 29.8 Å². The van der Waals surface area contributed by atoms with Gasteiger partial charge in [-0.25, -0.2) is 19.4 Å². The molecule has 9 heteroatoms. The number of hydrogen-bond acceptors (Lipinski definition) is 7. The third kappa shape index (κ3) is 6.48. The smallest absolute Gasteiger partial charge is 0.417 e. The molecule has 0 radical (unpaired) electrons. The zero-order chi connectivity index (χ0) is 27.8. The average Bonchev–Trinajstić information content (AvgIpc) is 2.72. The lowest BCUT2D eigenvalue weighted by Crippen LogP contribution is -2.69. The zero-order valence-electron chi connectivity index (χ0n) is 23.3. The Morgan fingerprint density at radius 3 is 1.82 bits per heavy atom. The quantitative estimate of drug-likeness (QED) is 0.640. The van der Waals surface area contributed by atoms with Crippen molar-refractivity contribution in [2.75, 3.05) is 7.11 Å². The first kappa shape index (κ1) is 24.0. The van der Waals surface area contributed by atoms with E-state index in [1.807, 2.05) is 0 Å². The van der Waals surface area contributed by atoms with Crippen LogP contribution < -0.4 is 4.74 Å². The molecule has 0 aromatic heterocycles. The van der Waals surface area contributed by atoms with Crippen molar-refractivity contribution < 1.29 is 36.1 Å². The maximum atomic E-state index is 13.9. The van der Waals surface area contributed by atoms with Gasteiger partial charge in [-0.05, 0) is 65.2 Å². The Morgan fingerprint density at radius 1 is 0.941 bits per heavy atom. The summed E-state index contributed by atoms with van der Waals surface area (Å²) in [5, 5.41) is 0. The number of hydrogen-bond donors (Lipinski definition) is 0. The molecule has 0 bridgehead atoms. The first-order valence-corrected chi connectivity index (χ1v) is 11.0. The summed E-state index contributed by atoms with van der Waals surface area (Å²) in [6.07, 6.45) is -4.18. The maximum absolute atomic E-state index is 13.9. The largest absolute Gasteiger partial charge is 0.497 e. The van der Waals surface area contributed by atoms with Crippen LogP contribution in [-0.2, 0) is 25.5 Å². The topological polar surface area (TPSA) is 102 Å². The van der Waals surface area contributed by atoms with E-state index in [0.29, 0.717) is 15.5 Å². The number of imide groups is 2. The van der Waals surface area contributed by atoms with Gasteiger partial charge in [-0.3, -0.25) is 9.59 Å². The van der Waals surface area contributed by atoms with Crippen molar-refractivity contribution in [3.8, 4) is 5.75 Å². The van der Waals surface area contributed by atoms with E-state index >= 15 is 0 Å². The number of carbonyl (C=O) groups is 4. The molecule has 0 N–H and O–H groups in total. The fourth-order valence-corrected chi connectivity index (χ4v) is 3.28. The van der Waals surface area contributed by atoms with Crippen LogP contribution in [0.4, 0.5) is 9.59 Å². The molecule has 1 aliphatic rings. The second-order valence-electron chi connectivity index (χ2n) is 10.3. The Bertz CT molecular complexity index is 1010. The molecule has 1 saturated heterocycles. The van der Waals surface area contributed by atoms with Gasteiger partial charge < -0.3 is 14.2 Å². The lowest BCUT2D eigenvalue weighted by Gasteiger charge is -2.44. The molecule has 9 nitrogen and oxygen atoms in total. The molecule has 34 heavy (non-hydrogen) atoms. The van der Waals surface area contributed by atoms with Gasteiger partial charge in [0.25, 0.3) is 11.8 Å². The molecule has 4 amide bonds. The zero-order valence-corrected chi connectivity index (χ0v) is 21.3. The van der Waals surface area contributed by atoms with E-state index in [2.05, 4.69) is 0 Å². The molecular formula is C25H36N2O7. The van der Waals surface area contributed by atoms with Crippen LogP contribution in [0.2, 0.25) is 0 Å². The monoisotopic (exact) mass is 478 g/mol. The Labute approximate surface area is 204 Å². The molecule has 1 unspecified atom stereocenters. The predicted molar refractivity (Wildman–Crippen MR) is 125 cm³/mol. The fourth-order valence-electron chi connectivity index (χ4n) is 3.28. The van der Waals surface area contributed by atoms with E-state index in [4.69, 9.17) is 17.0 Å². The van der Waals surface area contributed by atoms with Crippen LogP contribution in [0.5, 0.6) is 5.75 Å². The van der Waals surface area contributed by atoms with E-state index in [1.54, 1.807) is 55.4 Å². The summed E-state index contributed by atoms with van der Waals surface area (Å²) in [7, 11) is 1.46. The Balaban J connectivity index is 2.74. The second kappa shape index (κ2) is 10.0. The number of ether oxygens (including phenoxy) is 3. The maximum Gasteiger partial charge on any atom is 0.417 e. The van der Waals surface area contributed by atoms with E-state index in [0.717, 1.165) is 0 Å². The highest BCUT2D eigenvalue weighted by Crippen LogP contribution is 2.29. The highest BCUT2D eigenvalue weighted by Gasteiger charge is 2.53. The molecule has 2 rings (SSSR count). The van der Waals surface area contributed by atoms with Gasteiger partial charge in [0.05, 0.1) is 8.48 Å². The normalized spacial score (nSPS) is 23.3. The van der Waals surface area contributed by atoms with Gasteiger partial charge in [0.2, 0.25) is 0 Å². The number of nitrogens with zero attached hydrogens (tertiary/aromatic N) is 2. The van der Waals surface area contributed by atoms with Gasteiger partial charge in [0.1, 0.15) is 29.0 Å². The summed E-state index contributed by atoms with van der Waals surface area (Å²) in [4.78, 5) is 55.1. The third-order valence-electron chi connectivity index (χ3n) is 4.65. The van der Waals surface area contributed by atoms with Crippen LogP contribution in [0.25, 0.3) is 0 Å². The van der Waals surface area contributed by atoms with Crippen LogP contribution in [0.1, 0.15) is 63.7 Å². The van der Waals surface area contributed by atoms with Gasteiger partial charge in [-0.15, -0.1) is 0 Å². The number of rotatable bonds is 4. The Morgan fingerprint density at radius 2 is 1.41 bits per heavy atom. The molecule has 1 heterocycles. The number of benzene rings is 1. The molecule has 1 aliphatic heterocycles. The first-order chi connectivity index (χ1) is 16.3. The molecule has 0 aliphatic carbocycles. The molecular weight excluding hydrogens is 440 g/mol. The van der Waals surface area contributed by atoms with Gasteiger partial charge in [0, 0.05) is 7.77 Å². The highest BCUT2D eigenvalue weighted by molar-refractivity contribution is 6.10. The van der Waals surface area contributed by atoms with Crippen LogP contribution >= 0.6 is 0 Å². The van der Waals surface area contributed by atoms with Crippen LogP contribution in [0.3, 0.4) is 0 Å². The molecule has 188 valence electrons. The van der Waals surface area contributed by atoms with Crippen molar-refractivity contribution in [2.24, 2.45) is 5.92 Å². The Hall–Kier alpha value is -3.10. The first-order valence-electron chi connectivity index (χ1n) is 12.1. The number of carbonyl (C=O) groups excluding carboxylic acids is 4. The summed E-state index contributed by atoms with van der Waals surface area (Å²) in [5.41, 5.74) is -1.92. The van der Waals surface area contributed by atoms with Crippen LogP contribution in [-0.4, -0.2) is 64.2 Å². The van der Waals surface area contributed by atoms with Crippen molar-refractivity contribution in [1.82, 2.24) is 9.80 Å². The van der Waals surface area contributed by atoms with E-state index in [9.17, 15) is 19.2 Å². The second-order valence-corrected chi connectivity index (χ2v) is 10.3. The van der Waals surface area contributed by atoms with Crippen molar-refractivity contribution in [1.29, 1.82) is 0 Å². The van der Waals surface area contributed by atoms with E-state index < -0.39 is 59.6 Å².